The lowest BCUT2D eigenvalue weighted by Gasteiger charge is -2.23. The summed E-state index contributed by atoms with van der Waals surface area (Å²) in [7, 11) is -4.35. The molecule has 1 aromatic heterocycles. The fraction of sp³-hybridized carbons (Fsp3) is 0.214. The van der Waals surface area contributed by atoms with Crippen LogP contribution in [0.2, 0.25) is 0 Å². The van der Waals surface area contributed by atoms with E-state index in [2.05, 4.69) is 29.6 Å². The molecule has 0 fully saturated rings. The van der Waals surface area contributed by atoms with Gasteiger partial charge in [-0.2, -0.15) is 8.42 Å². The molecule has 192 valence electrons. The summed E-state index contributed by atoms with van der Waals surface area (Å²) in [5.41, 5.74) is 4.65. The lowest BCUT2D eigenvalue weighted by molar-refractivity contribution is -0.129. The van der Waals surface area contributed by atoms with Gasteiger partial charge in [0.25, 0.3) is 0 Å². The van der Waals surface area contributed by atoms with Crippen LogP contribution in [0.4, 0.5) is 5.69 Å². The summed E-state index contributed by atoms with van der Waals surface area (Å²) >= 11 is 1.49. The number of anilines is 1. The van der Waals surface area contributed by atoms with Crippen molar-refractivity contribution in [2.75, 3.05) is 4.72 Å². The van der Waals surface area contributed by atoms with E-state index in [4.69, 9.17) is 9.54 Å². The monoisotopic (exact) mass is 535 g/mol. The third-order valence-corrected chi connectivity index (χ3v) is 7.19. The molecule has 0 saturated carbocycles. The Morgan fingerprint density at radius 1 is 0.919 bits per heavy atom. The van der Waals surface area contributed by atoms with Crippen molar-refractivity contribution in [3.8, 4) is 22.4 Å². The molecule has 1 amide bonds. The number of thiazole rings is 1. The van der Waals surface area contributed by atoms with Crippen LogP contribution in [-0.2, 0) is 21.5 Å². The maximum absolute atomic E-state index is 12.9. The standard InChI is InChI=1S/C28H29N3O4S2/c1-28(2,3)27(32)30-24(17-19-9-15-23(16-10-19)31-37(33,34)35)26-29-25(18-36-26)22-13-11-21(12-14-22)20-7-5-4-6-8-20/h4-16,18,24,31H,17H2,1-3H3,(H,30,32)(H,33,34,35). The van der Waals surface area contributed by atoms with Gasteiger partial charge in [-0.05, 0) is 35.2 Å². The van der Waals surface area contributed by atoms with Crippen LogP contribution in [-0.4, -0.2) is 23.9 Å². The van der Waals surface area contributed by atoms with Crippen LogP contribution in [0.3, 0.4) is 0 Å². The fourth-order valence-electron chi connectivity index (χ4n) is 3.71. The minimum atomic E-state index is -4.35. The van der Waals surface area contributed by atoms with Gasteiger partial charge in [-0.3, -0.25) is 14.1 Å². The molecule has 7 nitrogen and oxygen atoms in total. The quantitative estimate of drug-likeness (QED) is 0.235. The zero-order chi connectivity index (χ0) is 26.6. The van der Waals surface area contributed by atoms with E-state index in [0.717, 1.165) is 33.0 Å². The highest BCUT2D eigenvalue weighted by atomic mass is 32.2. The van der Waals surface area contributed by atoms with Gasteiger partial charge in [0.05, 0.1) is 17.4 Å². The van der Waals surface area contributed by atoms with E-state index < -0.39 is 15.7 Å². The third kappa shape index (κ3) is 7.25. The minimum absolute atomic E-state index is 0.0916. The number of amides is 1. The molecule has 0 aliphatic carbocycles. The summed E-state index contributed by atoms with van der Waals surface area (Å²) in [5, 5.41) is 5.89. The number of rotatable bonds is 8. The van der Waals surface area contributed by atoms with E-state index in [1.807, 2.05) is 61.2 Å². The second kappa shape index (κ2) is 10.8. The molecule has 1 atom stereocenters. The first-order chi connectivity index (χ1) is 17.5. The Labute approximate surface area is 221 Å². The number of hydrogen-bond donors (Lipinski definition) is 3. The van der Waals surface area contributed by atoms with Crippen molar-refractivity contribution in [3.63, 3.8) is 0 Å². The average Bonchev–Trinajstić information content (AvgIpc) is 3.34. The van der Waals surface area contributed by atoms with Gasteiger partial charge in [0.1, 0.15) is 5.01 Å². The van der Waals surface area contributed by atoms with Crippen molar-refractivity contribution in [1.82, 2.24) is 10.3 Å². The first-order valence-corrected chi connectivity index (χ1v) is 14.1. The van der Waals surface area contributed by atoms with Crippen LogP contribution in [0.25, 0.3) is 22.4 Å². The number of carbonyl (C=O) groups excluding carboxylic acids is 1. The molecule has 4 rings (SSSR count). The van der Waals surface area contributed by atoms with Gasteiger partial charge in [0, 0.05) is 16.4 Å². The molecular weight excluding hydrogens is 506 g/mol. The predicted molar refractivity (Wildman–Crippen MR) is 149 cm³/mol. The fourth-order valence-corrected chi connectivity index (χ4v) is 5.03. The topological polar surface area (TPSA) is 108 Å². The molecule has 0 spiro atoms. The van der Waals surface area contributed by atoms with Crippen molar-refractivity contribution in [1.29, 1.82) is 0 Å². The normalized spacial score (nSPS) is 12.6. The summed E-state index contributed by atoms with van der Waals surface area (Å²) in [4.78, 5) is 17.7. The Bertz CT molecular complexity index is 1460. The second-order valence-corrected chi connectivity index (χ2v) is 11.8. The number of hydrogen-bond acceptors (Lipinski definition) is 5. The summed E-state index contributed by atoms with van der Waals surface area (Å²) in [6.07, 6.45) is 0.466. The minimum Gasteiger partial charge on any atom is -0.346 e. The Kier molecular flexibility index (Phi) is 7.77. The average molecular weight is 536 g/mol. The third-order valence-electron chi connectivity index (χ3n) is 5.73. The molecule has 1 heterocycles. The van der Waals surface area contributed by atoms with E-state index in [1.165, 1.54) is 11.3 Å². The van der Waals surface area contributed by atoms with E-state index in [0.29, 0.717) is 6.42 Å². The summed E-state index contributed by atoms with van der Waals surface area (Å²) in [6.45, 7) is 5.57. The Balaban J connectivity index is 1.57. The summed E-state index contributed by atoms with van der Waals surface area (Å²) in [6, 6.07) is 24.7. The first-order valence-electron chi connectivity index (χ1n) is 11.7. The van der Waals surface area contributed by atoms with Crippen LogP contribution >= 0.6 is 11.3 Å². The maximum Gasteiger partial charge on any atom is 0.357 e. The smallest absolute Gasteiger partial charge is 0.346 e. The lowest BCUT2D eigenvalue weighted by Crippen LogP contribution is -2.38. The van der Waals surface area contributed by atoms with Crippen LogP contribution in [0, 0.1) is 5.41 Å². The van der Waals surface area contributed by atoms with Gasteiger partial charge < -0.3 is 5.32 Å². The first kappa shape index (κ1) is 26.5. The van der Waals surface area contributed by atoms with Crippen molar-refractivity contribution >= 4 is 33.2 Å². The highest BCUT2D eigenvalue weighted by molar-refractivity contribution is 7.87. The van der Waals surface area contributed by atoms with Gasteiger partial charge in [0.15, 0.2) is 0 Å². The van der Waals surface area contributed by atoms with E-state index in [9.17, 15) is 13.2 Å². The van der Waals surface area contributed by atoms with E-state index in [1.54, 1.807) is 24.3 Å². The number of nitrogens with zero attached hydrogens (tertiary/aromatic N) is 1. The van der Waals surface area contributed by atoms with Crippen molar-refractivity contribution in [3.05, 3.63) is 94.8 Å². The molecular formula is C28H29N3O4S2. The highest BCUT2D eigenvalue weighted by Gasteiger charge is 2.26. The molecule has 0 aliphatic heterocycles. The molecule has 1 unspecified atom stereocenters. The number of aromatic nitrogens is 1. The molecule has 4 aromatic rings. The molecule has 0 bridgehead atoms. The molecule has 9 heteroatoms. The largest absolute Gasteiger partial charge is 0.357 e. The SMILES string of the molecule is CC(C)(C)C(=O)NC(Cc1ccc(NS(=O)(=O)O)cc1)c1nc(-c2ccc(-c3ccccc3)cc2)cs1. The van der Waals surface area contributed by atoms with Gasteiger partial charge in [-0.25, -0.2) is 4.98 Å². The molecule has 0 saturated heterocycles. The number of benzene rings is 3. The van der Waals surface area contributed by atoms with Crippen molar-refractivity contribution in [2.45, 2.75) is 33.2 Å². The Morgan fingerprint density at radius 2 is 1.51 bits per heavy atom. The number of carbonyl (C=O) groups is 1. The van der Waals surface area contributed by atoms with Crippen LogP contribution in [0.1, 0.15) is 37.4 Å². The van der Waals surface area contributed by atoms with E-state index in [-0.39, 0.29) is 17.6 Å². The molecule has 0 aliphatic rings. The van der Waals surface area contributed by atoms with Gasteiger partial charge in [-0.1, -0.05) is 87.5 Å². The lowest BCUT2D eigenvalue weighted by atomic mass is 9.94. The van der Waals surface area contributed by atoms with Crippen molar-refractivity contribution in [2.24, 2.45) is 5.41 Å². The maximum atomic E-state index is 12.9. The Hall–Kier alpha value is -3.53. The highest BCUT2D eigenvalue weighted by Crippen LogP contribution is 2.30. The van der Waals surface area contributed by atoms with Gasteiger partial charge >= 0.3 is 10.3 Å². The second-order valence-electron chi connectivity index (χ2n) is 9.77. The van der Waals surface area contributed by atoms with E-state index >= 15 is 0 Å². The van der Waals surface area contributed by atoms with Crippen LogP contribution < -0.4 is 10.0 Å². The summed E-state index contributed by atoms with van der Waals surface area (Å²) in [5.74, 6) is -0.0916. The van der Waals surface area contributed by atoms with Gasteiger partial charge in [0.2, 0.25) is 5.91 Å². The van der Waals surface area contributed by atoms with Crippen LogP contribution in [0.5, 0.6) is 0 Å². The molecule has 37 heavy (non-hydrogen) atoms. The van der Waals surface area contributed by atoms with Gasteiger partial charge in [-0.15, -0.1) is 11.3 Å². The number of nitrogens with one attached hydrogen (secondary N) is 2. The van der Waals surface area contributed by atoms with Crippen molar-refractivity contribution < 1.29 is 17.8 Å². The predicted octanol–water partition coefficient (Wildman–Crippen LogP) is 6.14. The van der Waals surface area contributed by atoms with Crippen LogP contribution in [0.15, 0.2) is 84.2 Å². The molecule has 3 N–H and O–H groups in total. The Morgan fingerprint density at radius 3 is 2.11 bits per heavy atom. The zero-order valence-corrected chi connectivity index (χ0v) is 22.4. The zero-order valence-electron chi connectivity index (χ0n) is 20.8. The summed E-state index contributed by atoms with van der Waals surface area (Å²) < 4.78 is 33.1. The molecule has 3 aromatic carbocycles. The molecule has 0 radical (unpaired) electrons.